The second-order valence-corrected chi connectivity index (χ2v) is 9.26. The Morgan fingerprint density at radius 2 is 1.97 bits per heavy atom. The molecule has 5 rings (SSSR count). The molecule has 2 aliphatic heterocycles. The summed E-state index contributed by atoms with van der Waals surface area (Å²) in [5, 5.41) is 0. The number of fused-ring (bicyclic) bond motifs is 1. The number of aromatic nitrogens is 2. The van der Waals surface area contributed by atoms with Crippen molar-refractivity contribution in [1.29, 1.82) is 0 Å². The standard InChI is InChI=1S/C28H29N3O5/c1-4-35-27(33)22-17-29-25(19-7-5-6-18(2)14-19)30-26(22)31-12-10-28(11-13-31)16-23(32)21-15-20(34-3)8-9-24(21)36-28/h5-9,14-15,17H,4,10-13,16H2,1-3H3. The Kier molecular flexibility index (Phi) is 6.35. The number of ketones is 1. The number of esters is 1. The molecule has 0 N–H and O–H groups in total. The van der Waals surface area contributed by atoms with Crippen LogP contribution in [0.15, 0.2) is 48.7 Å². The number of carbonyl (C=O) groups is 2. The number of ether oxygens (including phenoxy) is 3. The highest BCUT2D eigenvalue weighted by molar-refractivity contribution is 6.01. The number of methoxy groups -OCH3 is 1. The second-order valence-electron chi connectivity index (χ2n) is 9.26. The van der Waals surface area contributed by atoms with Crippen LogP contribution in [-0.4, -0.2) is 54.1 Å². The Hall–Kier alpha value is -3.94. The summed E-state index contributed by atoms with van der Waals surface area (Å²) in [6, 6.07) is 13.3. The topological polar surface area (TPSA) is 90.9 Å². The van der Waals surface area contributed by atoms with E-state index in [9.17, 15) is 9.59 Å². The van der Waals surface area contributed by atoms with E-state index in [1.807, 2.05) is 31.2 Å². The van der Waals surface area contributed by atoms with Crippen molar-refractivity contribution < 1.29 is 23.8 Å². The van der Waals surface area contributed by atoms with Crippen LogP contribution in [0.3, 0.4) is 0 Å². The van der Waals surface area contributed by atoms with Crippen molar-refractivity contribution in [3.8, 4) is 22.9 Å². The van der Waals surface area contributed by atoms with Gasteiger partial charge < -0.3 is 19.1 Å². The van der Waals surface area contributed by atoms with Crippen LogP contribution < -0.4 is 14.4 Å². The van der Waals surface area contributed by atoms with Gasteiger partial charge in [-0.3, -0.25) is 4.79 Å². The molecule has 3 heterocycles. The van der Waals surface area contributed by atoms with Crippen LogP contribution in [0, 0.1) is 6.92 Å². The molecule has 1 aromatic heterocycles. The number of nitrogens with zero attached hydrogens (tertiary/aromatic N) is 3. The van der Waals surface area contributed by atoms with Crippen molar-refractivity contribution in [2.75, 3.05) is 31.7 Å². The molecule has 0 atom stereocenters. The van der Waals surface area contributed by atoms with Gasteiger partial charge in [-0.15, -0.1) is 0 Å². The van der Waals surface area contributed by atoms with E-state index in [1.54, 1.807) is 38.4 Å². The number of piperidine rings is 1. The molecule has 3 aromatic rings. The van der Waals surface area contributed by atoms with Gasteiger partial charge in [0.2, 0.25) is 0 Å². The lowest BCUT2D eigenvalue weighted by molar-refractivity contribution is 0.0230. The zero-order valence-electron chi connectivity index (χ0n) is 20.7. The molecule has 0 aliphatic carbocycles. The highest BCUT2D eigenvalue weighted by Crippen LogP contribution is 2.41. The van der Waals surface area contributed by atoms with Crippen LogP contribution in [0.25, 0.3) is 11.4 Å². The maximum atomic E-state index is 13.0. The van der Waals surface area contributed by atoms with E-state index in [2.05, 4.69) is 9.88 Å². The van der Waals surface area contributed by atoms with E-state index < -0.39 is 11.6 Å². The highest BCUT2D eigenvalue weighted by atomic mass is 16.5. The van der Waals surface area contributed by atoms with Gasteiger partial charge in [0.05, 0.1) is 25.7 Å². The SMILES string of the molecule is CCOC(=O)c1cnc(-c2cccc(C)c2)nc1N1CCC2(CC1)CC(=O)c1cc(OC)ccc1O2. The molecule has 0 radical (unpaired) electrons. The van der Waals surface area contributed by atoms with E-state index >= 15 is 0 Å². The summed E-state index contributed by atoms with van der Waals surface area (Å²) in [7, 11) is 1.58. The van der Waals surface area contributed by atoms with Crippen LogP contribution in [-0.2, 0) is 4.74 Å². The first-order chi connectivity index (χ1) is 17.4. The zero-order valence-corrected chi connectivity index (χ0v) is 20.7. The fourth-order valence-corrected chi connectivity index (χ4v) is 4.89. The Morgan fingerprint density at radius 1 is 1.17 bits per heavy atom. The van der Waals surface area contributed by atoms with Gasteiger partial charge in [0, 0.05) is 37.7 Å². The van der Waals surface area contributed by atoms with Crippen molar-refractivity contribution in [3.05, 3.63) is 65.4 Å². The molecule has 1 saturated heterocycles. The molecule has 0 saturated carbocycles. The van der Waals surface area contributed by atoms with Crippen LogP contribution in [0.5, 0.6) is 11.5 Å². The number of aryl methyl sites for hydroxylation is 1. The first-order valence-electron chi connectivity index (χ1n) is 12.2. The predicted octanol–water partition coefficient (Wildman–Crippen LogP) is 4.64. The smallest absolute Gasteiger partial charge is 0.343 e. The van der Waals surface area contributed by atoms with Gasteiger partial charge in [0.15, 0.2) is 11.6 Å². The molecule has 8 nitrogen and oxygen atoms in total. The first-order valence-corrected chi connectivity index (χ1v) is 12.2. The van der Waals surface area contributed by atoms with E-state index in [4.69, 9.17) is 19.2 Å². The third-order valence-corrected chi connectivity index (χ3v) is 6.81. The third kappa shape index (κ3) is 4.51. The maximum Gasteiger partial charge on any atom is 0.343 e. The number of Topliss-reactive ketones (excluding diaryl/α,β-unsaturated/α-hetero) is 1. The van der Waals surface area contributed by atoms with Crippen molar-refractivity contribution in [2.24, 2.45) is 0 Å². The minimum absolute atomic E-state index is 0.0552. The van der Waals surface area contributed by atoms with Crippen LogP contribution in [0.2, 0.25) is 0 Å². The Bertz CT molecular complexity index is 1310. The Morgan fingerprint density at radius 3 is 2.69 bits per heavy atom. The van der Waals surface area contributed by atoms with Crippen LogP contribution in [0.1, 0.15) is 52.5 Å². The Labute approximate surface area is 210 Å². The fourth-order valence-electron chi connectivity index (χ4n) is 4.89. The molecule has 1 spiro atoms. The molecular formula is C28H29N3O5. The van der Waals surface area contributed by atoms with Gasteiger partial charge in [0.25, 0.3) is 0 Å². The molecule has 8 heteroatoms. The number of carbonyl (C=O) groups excluding carboxylic acids is 2. The number of anilines is 1. The van der Waals surface area contributed by atoms with Crippen molar-refractivity contribution in [3.63, 3.8) is 0 Å². The average molecular weight is 488 g/mol. The normalized spacial score (nSPS) is 16.3. The lowest BCUT2D eigenvalue weighted by atomic mass is 9.82. The molecule has 2 aliphatic rings. The summed E-state index contributed by atoms with van der Waals surface area (Å²) >= 11 is 0. The van der Waals surface area contributed by atoms with Gasteiger partial charge in [-0.2, -0.15) is 0 Å². The summed E-state index contributed by atoms with van der Waals surface area (Å²) in [6.07, 6.45) is 3.10. The van der Waals surface area contributed by atoms with Gasteiger partial charge in [-0.25, -0.2) is 14.8 Å². The van der Waals surface area contributed by atoms with Gasteiger partial charge in [-0.1, -0.05) is 23.8 Å². The van der Waals surface area contributed by atoms with Crippen molar-refractivity contribution in [1.82, 2.24) is 9.97 Å². The number of hydrogen-bond donors (Lipinski definition) is 0. The van der Waals surface area contributed by atoms with Crippen LogP contribution in [0.4, 0.5) is 5.82 Å². The largest absolute Gasteiger partial charge is 0.497 e. The molecular weight excluding hydrogens is 458 g/mol. The van der Waals surface area contributed by atoms with E-state index in [0.29, 0.717) is 66.6 Å². The molecule has 0 amide bonds. The lowest BCUT2D eigenvalue weighted by Crippen LogP contribution is -2.51. The third-order valence-electron chi connectivity index (χ3n) is 6.81. The quantitative estimate of drug-likeness (QED) is 0.481. The summed E-state index contributed by atoms with van der Waals surface area (Å²) in [4.78, 5) is 37.1. The number of benzene rings is 2. The van der Waals surface area contributed by atoms with E-state index in [0.717, 1.165) is 11.1 Å². The van der Waals surface area contributed by atoms with Crippen molar-refractivity contribution >= 4 is 17.6 Å². The average Bonchev–Trinajstić information content (AvgIpc) is 2.89. The van der Waals surface area contributed by atoms with Crippen LogP contribution >= 0.6 is 0 Å². The summed E-state index contributed by atoms with van der Waals surface area (Å²) in [5.74, 6) is 1.93. The summed E-state index contributed by atoms with van der Waals surface area (Å²) in [5.41, 5.74) is 2.30. The zero-order chi connectivity index (χ0) is 25.3. The molecule has 1 fully saturated rings. The second kappa shape index (κ2) is 9.60. The molecule has 0 bridgehead atoms. The fraction of sp³-hybridized carbons (Fsp3) is 0.357. The molecule has 0 unspecified atom stereocenters. The van der Waals surface area contributed by atoms with Gasteiger partial charge >= 0.3 is 5.97 Å². The van der Waals surface area contributed by atoms with Gasteiger partial charge in [-0.05, 0) is 38.1 Å². The molecule has 36 heavy (non-hydrogen) atoms. The minimum atomic E-state index is -0.578. The van der Waals surface area contributed by atoms with Gasteiger partial charge in [0.1, 0.15) is 28.5 Å². The number of hydrogen-bond acceptors (Lipinski definition) is 8. The van der Waals surface area contributed by atoms with E-state index in [-0.39, 0.29) is 12.4 Å². The molecule has 2 aromatic carbocycles. The lowest BCUT2D eigenvalue weighted by Gasteiger charge is -2.44. The predicted molar refractivity (Wildman–Crippen MR) is 135 cm³/mol. The van der Waals surface area contributed by atoms with E-state index in [1.165, 1.54) is 0 Å². The Balaban J connectivity index is 1.42. The first kappa shape index (κ1) is 23.8. The summed E-state index contributed by atoms with van der Waals surface area (Å²) in [6.45, 7) is 5.21. The molecule has 186 valence electrons. The minimum Gasteiger partial charge on any atom is -0.497 e. The number of rotatable bonds is 5. The summed E-state index contributed by atoms with van der Waals surface area (Å²) < 4.78 is 17.0. The monoisotopic (exact) mass is 487 g/mol. The van der Waals surface area contributed by atoms with Crippen molar-refractivity contribution in [2.45, 2.75) is 38.7 Å². The maximum absolute atomic E-state index is 13.0. The highest BCUT2D eigenvalue weighted by Gasteiger charge is 2.43.